The van der Waals surface area contributed by atoms with Gasteiger partial charge in [-0.1, -0.05) is 11.6 Å². The maximum absolute atomic E-state index is 6.08. The molecule has 3 N–H and O–H groups in total. The SMILES string of the molecule is CN(C)c1ccc(/C=N\NC(N)=S)c(Cl)c1. The van der Waals surface area contributed by atoms with Crippen molar-refractivity contribution < 1.29 is 0 Å². The predicted octanol–water partition coefficient (Wildman–Crippen LogP) is 1.57. The number of hydrogen-bond acceptors (Lipinski definition) is 3. The van der Waals surface area contributed by atoms with E-state index in [1.807, 2.05) is 37.2 Å². The molecule has 0 aliphatic carbocycles. The number of hydrazone groups is 1. The Kier molecular flexibility index (Phi) is 4.52. The second-order valence-corrected chi connectivity index (χ2v) is 4.18. The summed E-state index contributed by atoms with van der Waals surface area (Å²) in [5, 5.41) is 4.58. The number of thiocarbonyl (C=S) groups is 1. The Labute approximate surface area is 105 Å². The van der Waals surface area contributed by atoms with Gasteiger partial charge < -0.3 is 10.6 Å². The van der Waals surface area contributed by atoms with Crippen LogP contribution in [0.2, 0.25) is 5.02 Å². The van der Waals surface area contributed by atoms with E-state index in [9.17, 15) is 0 Å². The van der Waals surface area contributed by atoms with Gasteiger partial charge in [-0.3, -0.25) is 5.43 Å². The van der Waals surface area contributed by atoms with E-state index in [0.29, 0.717) is 5.02 Å². The van der Waals surface area contributed by atoms with Crippen LogP contribution < -0.4 is 16.1 Å². The van der Waals surface area contributed by atoms with Crippen molar-refractivity contribution in [2.75, 3.05) is 19.0 Å². The van der Waals surface area contributed by atoms with Crippen molar-refractivity contribution in [1.82, 2.24) is 5.43 Å². The molecule has 1 aromatic rings. The van der Waals surface area contributed by atoms with Gasteiger partial charge in [0, 0.05) is 25.3 Å². The third-order valence-electron chi connectivity index (χ3n) is 1.88. The molecule has 0 aliphatic rings. The van der Waals surface area contributed by atoms with Gasteiger partial charge in [0.15, 0.2) is 5.11 Å². The number of benzene rings is 1. The zero-order chi connectivity index (χ0) is 12.1. The molecule has 6 heteroatoms. The van der Waals surface area contributed by atoms with E-state index in [2.05, 4.69) is 22.7 Å². The monoisotopic (exact) mass is 256 g/mol. The molecule has 0 aliphatic heterocycles. The summed E-state index contributed by atoms with van der Waals surface area (Å²) in [6, 6.07) is 5.69. The third kappa shape index (κ3) is 3.67. The van der Waals surface area contributed by atoms with Crippen LogP contribution in [-0.2, 0) is 0 Å². The summed E-state index contributed by atoms with van der Waals surface area (Å²) in [5.41, 5.74) is 9.53. The standard InChI is InChI=1S/C10H13ClN4S/c1-15(2)8-4-3-7(9(11)5-8)6-13-14-10(12)16/h3-6H,1-2H3,(H3,12,14,16)/b13-6-. The average molecular weight is 257 g/mol. The lowest BCUT2D eigenvalue weighted by Crippen LogP contribution is -2.24. The number of nitrogens with two attached hydrogens (primary N) is 1. The fourth-order valence-electron chi connectivity index (χ4n) is 1.06. The summed E-state index contributed by atoms with van der Waals surface area (Å²) in [6.45, 7) is 0. The van der Waals surface area contributed by atoms with Crippen LogP contribution >= 0.6 is 23.8 Å². The molecule has 0 amide bonds. The highest BCUT2D eigenvalue weighted by Crippen LogP contribution is 2.21. The molecule has 0 fully saturated rings. The Balaban J connectivity index is 2.83. The molecule has 0 bridgehead atoms. The van der Waals surface area contributed by atoms with Crippen molar-refractivity contribution in [2.24, 2.45) is 10.8 Å². The minimum absolute atomic E-state index is 0.122. The zero-order valence-electron chi connectivity index (χ0n) is 9.07. The van der Waals surface area contributed by atoms with Crippen molar-refractivity contribution in [3.63, 3.8) is 0 Å². The van der Waals surface area contributed by atoms with E-state index < -0.39 is 0 Å². The molecule has 1 rings (SSSR count). The van der Waals surface area contributed by atoms with Crippen LogP contribution in [0.4, 0.5) is 5.69 Å². The Morgan fingerprint density at radius 2 is 2.25 bits per heavy atom. The molecule has 16 heavy (non-hydrogen) atoms. The topological polar surface area (TPSA) is 53.6 Å². The Bertz CT molecular complexity index is 417. The first-order valence-corrected chi connectivity index (χ1v) is 5.34. The van der Waals surface area contributed by atoms with Crippen LogP contribution in [0, 0.1) is 0 Å². The molecule has 0 aromatic heterocycles. The van der Waals surface area contributed by atoms with Gasteiger partial charge in [-0.05, 0) is 30.4 Å². The molecule has 0 saturated carbocycles. The highest BCUT2D eigenvalue weighted by molar-refractivity contribution is 7.80. The summed E-state index contributed by atoms with van der Waals surface area (Å²) in [4.78, 5) is 1.97. The first kappa shape index (κ1) is 12.7. The molecule has 4 nitrogen and oxygen atoms in total. The second-order valence-electron chi connectivity index (χ2n) is 3.33. The molecule has 0 radical (unpaired) electrons. The number of nitrogens with one attached hydrogen (secondary N) is 1. The van der Waals surface area contributed by atoms with Crippen molar-refractivity contribution in [1.29, 1.82) is 0 Å². The first-order chi connectivity index (χ1) is 7.50. The number of rotatable bonds is 3. The fourth-order valence-corrected chi connectivity index (χ4v) is 1.34. The predicted molar refractivity (Wildman–Crippen MR) is 73.3 cm³/mol. The summed E-state index contributed by atoms with van der Waals surface area (Å²) in [5.74, 6) is 0. The molecule has 0 spiro atoms. The highest BCUT2D eigenvalue weighted by Gasteiger charge is 2.00. The Morgan fingerprint density at radius 3 is 2.75 bits per heavy atom. The normalized spacial score (nSPS) is 10.4. The van der Waals surface area contributed by atoms with Gasteiger partial charge in [0.25, 0.3) is 0 Å². The third-order valence-corrected chi connectivity index (χ3v) is 2.30. The quantitative estimate of drug-likeness (QED) is 0.490. The maximum atomic E-state index is 6.08. The minimum Gasteiger partial charge on any atom is -0.378 e. The van der Waals surface area contributed by atoms with Gasteiger partial charge in [0.05, 0.1) is 11.2 Å². The lowest BCUT2D eigenvalue weighted by molar-refractivity contribution is 1.04. The van der Waals surface area contributed by atoms with Crippen molar-refractivity contribution in [3.8, 4) is 0 Å². The molecule has 0 heterocycles. The average Bonchev–Trinajstić information content (AvgIpc) is 2.19. The van der Waals surface area contributed by atoms with Crippen LogP contribution in [0.1, 0.15) is 5.56 Å². The first-order valence-electron chi connectivity index (χ1n) is 4.56. The molecule has 0 unspecified atom stereocenters. The highest BCUT2D eigenvalue weighted by atomic mass is 35.5. The Hall–Kier alpha value is -1.33. The summed E-state index contributed by atoms with van der Waals surface area (Å²) in [7, 11) is 3.90. The van der Waals surface area contributed by atoms with Gasteiger partial charge in [0.2, 0.25) is 0 Å². The van der Waals surface area contributed by atoms with E-state index in [-0.39, 0.29) is 5.11 Å². The Morgan fingerprint density at radius 1 is 1.56 bits per heavy atom. The van der Waals surface area contributed by atoms with Crippen molar-refractivity contribution in [3.05, 3.63) is 28.8 Å². The second kappa shape index (κ2) is 5.67. The van der Waals surface area contributed by atoms with E-state index in [1.165, 1.54) is 0 Å². The smallest absolute Gasteiger partial charge is 0.184 e. The summed E-state index contributed by atoms with van der Waals surface area (Å²) < 4.78 is 0. The van der Waals surface area contributed by atoms with Crippen LogP contribution in [0.15, 0.2) is 23.3 Å². The van der Waals surface area contributed by atoms with Crippen molar-refractivity contribution >= 4 is 40.8 Å². The molecular formula is C10H13ClN4S. The lowest BCUT2D eigenvalue weighted by atomic mass is 10.2. The lowest BCUT2D eigenvalue weighted by Gasteiger charge is -2.12. The molecule has 0 atom stereocenters. The van der Waals surface area contributed by atoms with E-state index in [0.717, 1.165) is 11.3 Å². The van der Waals surface area contributed by atoms with Gasteiger partial charge in [-0.15, -0.1) is 0 Å². The molecular weight excluding hydrogens is 244 g/mol. The van der Waals surface area contributed by atoms with Crippen LogP contribution in [0.3, 0.4) is 0 Å². The largest absolute Gasteiger partial charge is 0.378 e. The van der Waals surface area contributed by atoms with E-state index in [1.54, 1.807) is 6.21 Å². The van der Waals surface area contributed by atoms with Crippen LogP contribution in [-0.4, -0.2) is 25.4 Å². The maximum Gasteiger partial charge on any atom is 0.184 e. The number of hydrogen-bond donors (Lipinski definition) is 2. The van der Waals surface area contributed by atoms with Crippen LogP contribution in [0.25, 0.3) is 0 Å². The van der Waals surface area contributed by atoms with E-state index >= 15 is 0 Å². The molecule has 86 valence electrons. The van der Waals surface area contributed by atoms with Gasteiger partial charge in [0.1, 0.15) is 0 Å². The fraction of sp³-hybridized carbons (Fsp3) is 0.200. The molecule has 1 aromatic carbocycles. The number of anilines is 1. The van der Waals surface area contributed by atoms with Crippen molar-refractivity contribution in [2.45, 2.75) is 0 Å². The van der Waals surface area contributed by atoms with Gasteiger partial charge in [-0.25, -0.2) is 0 Å². The van der Waals surface area contributed by atoms with E-state index in [4.69, 9.17) is 17.3 Å². The van der Waals surface area contributed by atoms with Gasteiger partial charge in [-0.2, -0.15) is 5.10 Å². The summed E-state index contributed by atoms with van der Waals surface area (Å²) in [6.07, 6.45) is 1.57. The number of nitrogens with zero attached hydrogens (tertiary/aromatic N) is 2. The summed E-state index contributed by atoms with van der Waals surface area (Å²) >= 11 is 10.7. The van der Waals surface area contributed by atoms with Crippen LogP contribution in [0.5, 0.6) is 0 Å². The zero-order valence-corrected chi connectivity index (χ0v) is 10.6. The van der Waals surface area contributed by atoms with Gasteiger partial charge >= 0.3 is 0 Å². The minimum atomic E-state index is 0.122. The molecule has 0 saturated heterocycles. The number of halogens is 1.